The van der Waals surface area contributed by atoms with Crippen LogP contribution in [0.3, 0.4) is 0 Å². The predicted molar refractivity (Wildman–Crippen MR) is 41.2 cm³/mol. The van der Waals surface area contributed by atoms with Crippen molar-refractivity contribution in [3.8, 4) is 0 Å². The van der Waals surface area contributed by atoms with Crippen molar-refractivity contribution in [2.24, 2.45) is 0 Å². The summed E-state index contributed by atoms with van der Waals surface area (Å²) < 4.78 is 10.3. The van der Waals surface area contributed by atoms with Gasteiger partial charge in [0.05, 0.1) is 6.10 Å². The summed E-state index contributed by atoms with van der Waals surface area (Å²) in [6, 6.07) is 0. The summed E-state index contributed by atoms with van der Waals surface area (Å²) in [7, 11) is 1.56. The molecule has 1 aliphatic heterocycles. The van der Waals surface area contributed by atoms with Gasteiger partial charge in [-0.25, -0.2) is 0 Å². The molecule has 1 unspecified atom stereocenters. The van der Waals surface area contributed by atoms with Gasteiger partial charge in [0.15, 0.2) is 6.29 Å². The fourth-order valence-electron chi connectivity index (χ4n) is 1.44. The van der Waals surface area contributed by atoms with E-state index in [9.17, 15) is 5.11 Å². The number of ether oxygens (including phenoxy) is 2. The molecule has 1 saturated heterocycles. The van der Waals surface area contributed by atoms with E-state index in [4.69, 9.17) is 9.47 Å². The van der Waals surface area contributed by atoms with E-state index in [2.05, 4.69) is 6.92 Å². The highest BCUT2D eigenvalue weighted by atomic mass is 16.7. The van der Waals surface area contributed by atoms with Crippen LogP contribution in [0.25, 0.3) is 0 Å². The maximum absolute atomic E-state index is 9.34. The number of hydrogen-bond acceptors (Lipinski definition) is 3. The van der Waals surface area contributed by atoms with Gasteiger partial charge in [0.1, 0.15) is 6.10 Å². The molecule has 0 radical (unpaired) electrons. The molecule has 0 aliphatic carbocycles. The van der Waals surface area contributed by atoms with Gasteiger partial charge in [-0.2, -0.15) is 0 Å². The highest BCUT2D eigenvalue weighted by Gasteiger charge is 2.32. The van der Waals surface area contributed by atoms with Crippen LogP contribution in [0.1, 0.15) is 26.2 Å². The summed E-state index contributed by atoms with van der Waals surface area (Å²) >= 11 is 0. The van der Waals surface area contributed by atoms with Crippen molar-refractivity contribution in [3.63, 3.8) is 0 Å². The predicted octanol–water partition coefficient (Wildman–Crippen LogP) is 0.909. The molecule has 1 N–H and O–H groups in total. The maximum Gasteiger partial charge on any atom is 0.183 e. The van der Waals surface area contributed by atoms with Gasteiger partial charge < -0.3 is 14.6 Å². The summed E-state index contributed by atoms with van der Waals surface area (Å²) in [5, 5.41) is 9.34. The summed E-state index contributed by atoms with van der Waals surface area (Å²) in [4.78, 5) is 0. The number of aliphatic hydroxyl groups is 1. The third kappa shape index (κ3) is 2.15. The van der Waals surface area contributed by atoms with E-state index < -0.39 is 12.4 Å². The van der Waals surface area contributed by atoms with Crippen molar-refractivity contribution in [1.29, 1.82) is 0 Å². The highest BCUT2D eigenvalue weighted by molar-refractivity contribution is 4.75. The highest BCUT2D eigenvalue weighted by Crippen LogP contribution is 2.23. The van der Waals surface area contributed by atoms with Crippen molar-refractivity contribution in [2.75, 3.05) is 7.11 Å². The number of methoxy groups -OCH3 is 1. The SMILES string of the molecule is CCC[C@H]1C[C@@H](O)C(OC)O1. The molecule has 1 aliphatic rings. The molecule has 3 heteroatoms. The molecule has 0 bridgehead atoms. The van der Waals surface area contributed by atoms with Crippen LogP contribution in [0.2, 0.25) is 0 Å². The van der Waals surface area contributed by atoms with E-state index in [0.717, 1.165) is 12.8 Å². The maximum atomic E-state index is 9.34. The minimum atomic E-state index is -0.434. The molecule has 66 valence electrons. The minimum absolute atomic E-state index is 0.194. The van der Waals surface area contributed by atoms with Gasteiger partial charge >= 0.3 is 0 Å². The first-order chi connectivity index (χ1) is 5.27. The van der Waals surface area contributed by atoms with E-state index in [-0.39, 0.29) is 6.10 Å². The third-order valence-corrected chi connectivity index (χ3v) is 1.99. The molecule has 3 atom stereocenters. The normalized spacial score (nSPS) is 37.9. The second-order valence-corrected chi connectivity index (χ2v) is 2.95. The Morgan fingerprint density at radius 2 is 2.36 bits per heavy atom. The zero-order valence-corrected chi connectivity index (χ0v) is 7.12. The van der Waals surface area contributed by atoms with E-state index in [1.165, 1.54) is 0 Å². The van der Waals surface area contributed by atoms with Crippen LogP contribution < -0.4 is 0 Å². The van der Waals surface area contributed by atoms with E-state index in [1.54, 1.807) is 7.11 Å². The van der Waals surface area contributed by atoms with Gasteiger partial charge in [-0.15, -0.1) is 0 Å². The number of aliphatic hydroxyl groups excluding tert-OH is 1. The van der Waals surface area contributed by atoms with E-state index in [1.807, 2.05) is 0 Å². The van der Waals surface area contributed by atoms with Gasteiger partial charge in [0.25, 0.3) is 0 Å². The Kier molecular flexibility index (Phi) is 3.30. The lowest BCUT2D eigenvalue weighted by molar-refractivity contribution is -0.148. The van der Waals surface area contributed by atoms with Crippen molar-refractivity contribution in [2.45, 2.75) is 44.7 Å². The molecule has 1 rings (SSSR count). The quantitative estimate of drug-likeness (QED) is 0.667. The average molecular weight is 160 g/mol. The Hall–Kier alpha value is -0.120. The fourth-order valence-corrected chi connectivity index (χ4v) is 1.44. The topological polar surface area (TPSA) is 38.7 Å². The molecule has 0 aromatic rings. The van der Waals surface area contributed by atoms with Crippen LogP contribution in [0.15, 0.2) is 0 Å². The molecule has 11 heavy (non-hydrogen) atoms. The Balaban J connectivity index is 2.30. The van der Waals surface area contributed by atoms with E-state index in [0.29, 0.717) is 6.42 Å². The largest absolute Gasteiger partial charge is 0.388 e. The van der Waals surface area contributed by atoms with Gasteiger partial charge in [-0.05, 0) is 6.42 Å². The van der Waals surface area contributed by atoms with Crippen LogP contribution in [0.4, 0.5) is 0 Å². The van der Waals surface area contributed by atoms with Crippen molar-refractivity contribution >= 4 is 0 Å². The minimum Gasteiger partial charge on any atom is -0.388 e. The molecule has 0 amide bonds. The lowest BCUT2D eigenvalue weighted by Crippen LogP contribution is -2.22. The van der Waals surface area contributed by atoms with Gasteiger partial charge in [0, 0.05) is 13.5 Å². The van der Waals surface area contributed by atoms with Crippen LogP contribution >= 0.6 is 0 Å². The fraction of sp³-hybridized carbons (Fsp3) is 1.00. The van der Waals surface area contributed by atoms with Gasteiger partial charge in [0.2, 0.25) is 0 Å². The van der Waals surface area contributed by atoms with Crippen LogP contribution in [-0.4, -0.2) is 30.7 Å². The van der Waals surface area contributed by atoms with Gasteiger partial charge in [-0.1, -0.05) is 13.3 Å². The standard InChI is InChI=1S/C8H16O3/c1-3-4-6-5-7(9)8(10-2)11-6/h6-9H,3-5H2,1-2H3/t6-,7+,8?/m0/s1. The Morgan fingerprint density at radius 3 is 2.82 bits per heavy atom. The number of hydrogen-bond donors (Lipinski definition) is 1. The summed E-state index contributed by atoms with van der Waals surface area (Å²) in [5.74, 6) is 0. The third-order valence-electron chi connectivity index (χ3n) is 1.99. The molecule has 0 spiro atoms. The van der Waals surface area contributed by atoms with Crippen LogP contribution in [-0.2, 0) is 9.47 Å². The molecular formula is C8H16O3. The smallest absolute Gasteiger partial charge is 0.183 e. The molecule has 0 aromatic heterocycles. The van der Waals surface area contributed by atoms with Crippen molar-refractivity contribution in [3.05, 3.63) is 0 Å². The van der Waals surface area contributed by atoms with E-state index >= 15 is 0 Å². The number of rotatable bonds is 3. The lowest BCUT2D eigenvalue weighted by Gasteiger charge is -2.11. The van der Waals surface area contributed by atoms with Gasteiger partial charge in [-0.3, -0.25) is 0 Å². The Morgan fingerprint density at radius 1 is 1.64 bits per heavy atom. The molecule has 1 fully saturated rings. The zero-order valence-electron chi connectivity index (χ0n) is 7.12. The summed E-state index contributed by atoms with van der Waals surface area (Å²) in [6.07, 6.45) is 2.18. The molecule has 0 saturated carbocycles. The first-order valence-electron chi connectivity index (χ1n) is 4.14. The lowest BCUT2D eigenvalue weighted by atomic mass is 10.1. The average Bonchev–Trinajstić information content (AvgIpc) is 2.32. The first-order valence-corrected chi connectivity index (χ1v) is 4.14. The summed E-state index contributed by atoms with van der Waals surface area (Å²) in [5.41, 5.74) is 0. The molecular weight excluding hydrogens is 144 g/mol. The van der Waals surface area contributed by atoms with Crippen molar-refractivity contribution in [1.82, 2.24) is 0 Å². The Bertz CT molecular complexity index is 116. The summed E-state index contributed by atoms with van der Waals surface area (Å²) in [6.45, 7) is 2.11. The molecule has 1 heterocycles. The van der Waals surface area contributed by atoms with Crippen LogP contribution in [0.5, 0.6) is 0 Å². The first kappa shape index (κ1) is 8.97. The van der Waals surface area contributed by atoms with Crippen LogP contribution in [0, 0.1) is 0 Å². The molecule has 0 aromatic carbocycles. The zero-order chi connectivity index (χ0) is 8.27. The second kappa shape index (κ2) is 4.04. The van der Waals surface area contributed by atoms with Crippen molar-refractivity contribution < 1.29 is 14.6 Å². The molecule has 3 nitrogen and oxygen atoms in total. The Labute approximate surface area is 67.3 Å². The second-order valence-electron chi connectivity index (χ2n) is 2.95. The monoisotopic (exact) mass is 160 g/mol.